The fourth-order valence-electron chi connectivity index (χ4n) is 0.959. The molecule has 0 N–H and O–H groups in total. The number of hydrogen-bond acceptors (Lipinski definition) is 4. The summed E-state index contributed by atoms with van der Waals surface area (Å²) >= 11 is 0. The number of morpholine rings is 1. The van der Waals surface area contributed by atoms with Gasteiger partial charge in [0.1, 0.15) is 0 Å². The third-order valence-corrected chi connectivity index (χ3v) is 1.47. The van der Waals surface area contributed by atoms with Crippen molar-refractivity contribution in [3.8, 4) is 0 Å². The minimum Gasteiger partial charge on any atom is -0.376 e. The second-order valence-corrected chi connectivity index (χ2v) is 2.22. The normalized spacial score (nSPS) is 25.3. The SMILES string of the molecule is c1nnn(C2COCC[N]2)n1. The zero-order valence-electron chi connectivity index (χ0n) is 5.92. The number of tetrazole rings is 1. The van der Waals surface area contributed by atoms with Gasteiger partial charge >= 0.3 is 0 Å². The first-order valence-corrected chi connectivity index (χ1v) is 3.43. The lowest BCUT2D eigenvalue weighted by Crippen LogP contribution is -2.34. The maximum Gasteiger partial charge on any atom is 0.162 e. The summed E-state index contributed by atoms with van der Waals surface area (Å²) in [5, 5.41) is 15.4. The first-order chi connectivity index (χ1) is 5.47. The minimum atomic E-state index is -0.0775. The van der Waals surface area contributed by atoms with Crippen LogP contribution in [0.2, 0.25) is 0 Å². The summed E-state index contributed by atoms with van der Waals surface area (Å²) in [6, 6.07) is 0. The minimum absolute atomic E-state index is 0.0775. The van der Waals surface area contributed by atoms with E-state index in [1.54, 1.807) is 0 Å². The first kappa shape index (κ1) is 6.68. The molecule has 0 spiro atoms. The predicted molar refractivity (Wildman–Crippen MR) is 34.7 cm³/mol. The lowest BCUT2D eigenvalue weighted by atomic mass is 10.4. The van der Waals surface area contributed by atoms with Gasteiger partial charge in [-0.05, 0) is 5.21 Å². The summed E-state index contributed by atoms with van der Waals surface area (Å²) in [6.07, 6.45) is 1.32. The summed E-state index contributed by atoms with van der Waals surface area (Å²) in [4.78, 5) is 1.46. The van der Waals surface area contributed by atoms with Crippen LogP contribution in [0.1, 0.15) is 6.17 Å². The van der Waals surface area contributed by atoms with Crippen LogP contribution in [0, 0.1) is 0 Å². The molecule has 2 heterocycles. The van der Waals surface area contributed by atoms with E-state index in [2.05, 4.69) is 20.7 Å². The van der Waals surface area contributed by atoms with Gasteiger partial charge in [-0.1, -0.05) is 0 Å². The Bertz CT molecular complexity index is 205. The van der Waals surface area contributed by atoms with E-state index in [0.717, 1.165) is 0 Å². The van der Waals surface area contributed by atoms with Gasteiger partial charge in [-0.25, -0.2) is 5.32 Å². The van der Waals surface area contributed by atoms with E-state index < -0.39 is 0 Å². The highest BCUT2D eigenvalue weighted by Gasteiger charge is 2.17. The molecule has 1 aromatic rings. The smallest absolute Gasteiger partial charge is 0.162 e. The van der Waals surface area contributed by atoms with Crippen molar-refractivity contribution >= 4 is 0 Å². The van der Waals surface area contributed by atoms with E-state index in [9.17, 15) is 0 Å². The highest BCUT2D eigenvalue weighted by atomic mass is 16.5. The lowest BCUT2D eigenvalue weighted by molar-refractivity contribution is 0.0395. The average Bonchev–Trinajstić information content (AvgIpc) is 2.58. The molecule has 0 aromatic carbocycles. The Balaban J connectivity index is 2.04. The molecule has 1 aliphatic heterocycles. The van der Waals surface area contributed by atoms with Crippen LogP contribution >= 0.6 is 0 Å². The van der Waals surface area contributed by atoms with Gasteiger partial charge < -0.3 is 4.74 Å². The highest BCUT2D eigenvalue weighted by Crippen LogP contribution is 2.03. The van der Waals surface area contributed by atoms with Gasteiger partial charge in [0.15, 0.2) is 12.5 Å². The van der Waals surface area contributed by atoms with Crippen LogP contribution in [0.5, 0.6) is 0 Å². The average molecular weight is 154 g/mol. The molecule has 6 nitrogen and oxygen atoms in total. The monoisotopic (exact) mass is 154 g/mol. The number of aromatic nitrogens is 4. The van der Waals surface area contributed by atoms with Crippen LogP contribution in [-0.2, 0) is 4.74 Å². The molecule has 6 heteroatoms. The fourth-order valence-corrected chi connectivity index (χ4v) is 0.959. The van der Waals surface area contributed by atoms with Crippen LogP contribution < -0.4 is 5.32 Å². The van der Waals surface area contributed by atoms with Crippen molar-refractivity contribution in [2.45, 2.75) is 6.17 Å². The molecule has 1 unspecified atom stereocenters. The Hall–Kier alpha value is -1.01. The number of nitrogens with zero attached hydrogens (tertiary/aromatic N) is 5. The Morgan fingerprint density at radius 2 is 2.55 bits per heavy atom. The van der Waals surface area contributed by atoms with E-state index in [1.165, 1.54) is 11.1 Å². The quantitative estimate of drug-likeness (QED) is 0.510. The standard InChI is InChI=1S/C5H8N5O/c1-2-11-3-5(6-1)10-8-4-7-9-10/h4-5H,1-3H2. The largest absolute Gasteiger partial charge is 0.376 e. The van der Waals surface area contributed by atoms with Crippen molar-refractivity contribution in [3.05, 3.63) is 6.33 Å². The van der Waals surface area contributed by atoms with Crippen molar-refractivity contribution in [1.82, 2.24) is 25.5 Å². The van der Waals surface area contributed by atoms with E-state index in [-0.39, 0.29) is 6.17 Å². The molecule has 1 aliphatic rings. The molecule has 1 fully saturated rings. The van der Waals surface area contributed by atoms with Crippen molar-refractivity contribution < 1.29 is 4.74 Å². The second-order valence-electron chi connectivity index (χ2n) is 2.22. The van der Waals surface area contributed by atoms with Gasteiger partial charge in [-0.15, -0.1) is 15.0 Å². The molecule has 59 valence electrons. The van der Waals surface area contributed by atoms with Gasteiger partial charge in [-0.2, -0.15) is 0 Å². The fraction of sp³-hybridized carbons (Fsp3) is 0.800. The van der Waals surface area contributed by atoms with Gasteiger partial charge in [0.05, 0.1) is 13.2 Å². The van der Waals surface area contributed by atoms with Crippen LogP contribution in [-0.4, -0.2) is 40.0 Å². The van der Waals surface area contributed by atoms with Gasteiger partial charge in [0.25, 0.3) is 0 Å². The zero-order valence-corrected chi connectivity index (χ0v) is 5.92. The summed E-state index contributed by atoms with van der Waals surface area (Å²) in [5.74, 6) is 0. The lowest BCUT2D eigenvalue weighted by Gasteiger charge is -2.19. The summed E-state index contributed by atoms with van der Waals surface area (Å²) < 4.78 is 5.18. The zero-order chi connectivity index (χ0) is 7.52. The molecule has 1 atom stereocenters. The maximum atomic E-state index is 5.18. The predicted octanol–water partition coefficient (Wildman–Crippen LogP) is -1.19. The number of hydrogen-bond donors (Lipinski definition) is 0. The van der Waals surface area contributed by atoms with Crippen LogP contribution in [0.3, 0.4) is 0 Å². The summed E-state index contributed by atoms with van der Waals surface area (Å²) in [5.41, 5.74) is 0. The van der Waals surface area contributed by atoms with Crippen molar-refractivity contribution in [1.29, 1.82) is 0 Å². The molecule has 1 aromatic heterocycles. The molecule has 1 radical (unpaired) electrons. The highest BCUT2D eigenvalue weighted by molar-refractivity contribution is 4.62. The van der Waals surface area contributed by atoms with Crippen molar-refractivity contribution in [2.24, 2.45) is 0 Å². The summed E-state index contributed by atoms with van der Waals surface area (Å²) in [6.45, 7) is 1.97. The van der Waals surface area contributed by atoms with E-state index in [0.29, 0.717) is 19.8 Å². The summed E-state index contributed by atoms with van der Waals surface area (Å²) in [7, 11) is 0. The van der Waals surface area contributed by atoms with Crippen LogP contribution in [0.15, 0.2) is 6.33 Å². The molecular formula is C5H8N5O. The Kier molecular flexibility index (Phi) is 1.78. The molecule has 11 heavy (non-hydrogen) atoms. The number of rotatable bonds is 1. The molecule has 0 aliphatic carbocycles. The Labute approximate surface area is 63.5 Å². The van der Waals surface area contributed by atoms with Gasteiger partial charge in [0, 0.05) is 6.54 Å². The third-order valence-electron chi connectivity index (χ3n) is 1.47. The third kappa shape index (κ3) is 1.36. The topological polar surface area (TPSA) is 66.9 Å². The van der Waals surface area contributed by atoms with E-state index >= 15 is 0 Å². The van der Waals surface area contributed by atoms with E-state index in [1.807, 2.05) is 0 Å². The van der Waals surface area contributed by atoms with Crippen LogP contribution in [0.25, 0.3) is 0 Å². The Morgan fingerprint density at radius 1 is 1.55 bits per heavy atom. The van der Waals surface area contributed by atoms with E-state index in [4.69, 9.17) is 4.74 Å². The van der Waals surface area contributed by atoms with Gasteiger partial charge in [-0.3, -0.25) is 0 Å². The van der Waals surface area contributed by atoms with Gasteiger partial charge in [0.2, 0.25) is 0 Å². The molecule has 2 rings (SSSR count). The maximum absolute atomic E-state index is 5.18. The molecule has 1 saturated heterocycles. The number of ether oxygens (including phenoxy) is 1. The van der Waals surface area contributed by atoms with Crippen molar-refractivity contribution in [3.63, 3.8) is 0 Å². The molecule has 0 saturated carbocycles. The van der Waals surface area contributed by atoms with Crippen molar-refractivity contribution in [2.75, 3.05) is 19.8 Å². The second kappa shape index (κ2) is 2.93. The molecule has 0 amide bonds. The first-order valence-electron chi connectivity index (χ1n) is 3.43. The molecule has 0 bridgehead atoms. The Morgan fingerprint density at radius 3 is 3.18 bits per heavy atom. The van der Waals surface area contributed by atoms with Crippen LogP contribution in [0.4, 0.5) is 0 Å². The molecular weight excluding hydrogens is 146 g/mol.